The molecule has 0 heterocycles. The SMILES string of the molecule is CCCOC(=O)c1ccccc1[N+]#N. The van der Waals surface area contributed by atoms with Crippen LogP contribution in [0.15, 0.2) is 24.3 Å². The molecule has 0 aliphatic carbocycles. The van der Waals surface area contributed by atoms with Crippen molar-refractivity contribution in [3.8, 4) is 0 Å². The smallest absolute Gasteiger partial charge is 0.399 e. The lowest BCUT2D eigenvalue weighted by atomic mass is 10.2. The Kier molecular flexibility index (Phi) is 3.62. The number of carbonyl (C=O) groups is 1. The lowest BCUT2D eigenvalue weighted by molar-refractivity contribution is 0.0506. The van der Waals surface area contributed by atoms with Gasteiger partial charge in [-0.1, -0.05) is 19.1 Å². The molecule has 72 valence electrons. The van der Waals surface area contributed by atoms with E-state index in [-0.39, 0.29) is 11.3 Å². The van der Waals surface area contributed by atoms with Gasteiger partial charge >= 0.3 is 11.7 Å². The van der Waals surface area contributed by atoms with Crippen LogP contribution in [0.25, 0.3) is 4.98 Å². The molecule has 4 nitrogen and oxygen atoms in total. The van der Waals surface area contributed by atoms with Gasteiger partial charge in [0.25, 0.3) is 0 Å². The molecule has 0 radical (unpaired) electrons. The Balaban J connectivity index is 2.85. The number of ether oxygens (including phenoxy) is 1. The van der Waals surface area contributed by atoms with Gasteiger partial charge in [-0.25, -0.2) is 4.79 Å². The molecule has 0 fully saturated rings. The summed E-state index contributed by atoms with van der Waals surface area (Å²) >= 11 is 0. The number of nitrogens with zero attached hydrogens (tertiary/aromatic N) is 2. The maximum absolute atomic E-state index is 11.4. The molecule has 0 spiro atoms. The second-order valence-electron chi connectivity index (χ2n) is 2.75. The Morgan fingerprint density at radius 1 is 1.50 bits per heavy atom. The molecule has 0 unspecified atom stereocenters. The summed E-state index contributed by atoms with van der Waals surface area (Å²) in [4.78, 5) is 14.4. The average molecular weight is 191 g/mol. The summed E-state index contributed by atoms with van der Waals surface area (Å²) in [5.74, 6) is -0.458. The van der Waals surface area contributed by atoms with Gasteiger partial charge in [0.2, 0.25) is 5.39 Å². The highest BCUT2D eigenvalue weighted by atomic mass is 16.5. The second kappa shape index (κ2) is 4.97. The number of benzene rings is 1. The van der Waals surface area contributed by atoms with Gasteiger partial charge in [0, 0.05) is 6.07 Å². The van der Waals surface area contributed by atoms with Gasteiger partial charge in [0.05, 0.1) is 6.61 Å². The molecule has 0 aliphatic heterocycles. The van der Waals surface area contributed by atoms with Crippen molar-refractivity contribution < 1.29 is 9.53 Å². The fourth-order valence-corrected chi connectivity index (χ4v) is 1.01. The Hall–Kier alpha value is -1.89. The first-order valence-corrected chi connectivity index (χ1v) is 4.40. The third kappa shape index (κ3) is 2.30. The minimum Gasteiger partial charge on any atom is -0.462 e. The highest BCUT2D eigenvalue weighted by Gasteiger charge is 2.20. The van der Waals surface area contributed by atoms with Gasteiger partial charge in [-0.05, 0) is 12.5 Å². The van der Waals surface area contributed by atoms with E-state index in [4.69, 9.17) is 10.1 Å². The number of hydrogen-bond donors (Lipinski definition) is 0. The fourth-order valence-electron chi connectivity index (χ4n) is 1.01. The van der Waals surface area contributed by atoms with Crippen molar-refractivity contribution in [1.29, 1.82) is 5.39 Å². The Bertz CT molecular complexity index is 369. The van der Waals surface area contributed by atoms with Gasteiger partial charge in [-0.3, -0.25) is 0 Å². The van der Waals surface area contributed by atoms with E-state index in [1.54, 1.807) is 24.3 Å². The summed E-state index contributed by atoms with van der Waals surface area (Å²) < 4.78 is 4.91. The Morgan fingerprint density at radius 2 is 2.21 bits per heavy atom. The largest absolute Gasteiger partial charge is 0.462 e. The number of carbonyl (C=O) groups excluding carboxylic acids is 1. The van der Waals surface area contributed by atoms with Crippen molar-refractivity contribution in [1.82, 2.24) is 0 Å². The normalized spacial score (nSPS) is 9.14. The topological polar surface area (TPSA) is 54.5 Å². The molecule has 0 atom stereocenters. The van der Waals surface area contributed by atoms with Crippen molar-refractivity contribution in [2.45, 2.75) is 13.3 Å². The zero-order chi connectivity index (χ0) is 10.4. The van der Waals surface area contributed by atoms with Gasteiger partial charge in [-0.15, -0.1) is 0 Å². The van der Waals surface area contributed by atoms with E-state index < -0.39 is 5.97 Å². The second-order valence-corrected chi connectivity index (χ2v) is 2.75. The first-order chi connectivity index (χ1) is 6.79. The zero-order valence-corrected chi connectivity index (χ0v) is 7.93. The number of esters is 1. The van der Waals surface area contributed by atoms with Gasteiger partial charge < -0.3 is 4.74 Å². The summed E-state index contributed by atoms with van der Waals surface area (Å²) in [7, 11) is 0. The molecule has 0 N–H and O–H groups in total. The maximum atomic E-state index is 11.4. The lowest BCUT2D eigenvalue weighted by Crippen LogP contribution is -2.05. The van der Waals surface area contributed by atoms with Crippen molar-refractivity contribution in [2.75, 3.05) is 6.61 Å². The van der Waals surface area contributed by atoms with Crippen LogP contribution < -0.4 is 0 Å². The molecule has 14 heavy (non-hydrogen) atoms. The van der Waals surface area contributed by atoms with Crippen LogP contribution in [0.2, 0.25) is 0 Å². The molecule has 0 saturated heterocycles. The molecule has 1 aromatic rings. The highest BCUT2D eigenvalue weighted by molar-refractivity contribution is 5.95. The summed E-state index contributed by atoms with van der Waals surface area (Å²) in [5, 5.41) is 8.61. The molecule has 0 saturated carbocycles. The summed E-state index contributed by atoms with van der Waals surface area (Å²) in [6.45, 7) is 2.29. The molecular weight excluding hydrogens is 180 g/mol. The van der Waals surface area contributed by atoms with Crippen LogP contribution in [0.3, 0.4) is 0 Å². The van der Waals surface area contributed by atoms with Crippen LogP contribution in [0.4, 0.5) is 5.69 Å². The van der Waals surface area contributed by atoms with Gasteiger partial charge in [-0.2, -0.15) is 0 Å². The number of hydrogen-bond acceptors (Lipinski definition) is 3. The maximum Gasteiger partial charge on any atom is 0.399 e. The van der Waals surface area contributed by atoms with E-state index in [0.717, 1.165) is 6.42 Å². The van der Waals surface area contributed by atoms with Crippen LogP contribution >= 0.6 is 0 Å². The predicted octanol–water partition coefficient (Wildman–Crippen LogP) is 2.74. The Morgan fingerprint density at radius 3 is 2.86 bits per heavy atom. The summed E-state index contributed by atoms with van der Waals surface area (Å²) in [6, 6.07) is 6.48. The number of rotatable bonds is 3. The molecule has 0 aliphatic rings. The van der Waals surface area contributed by atoms with E-state index >= 15 is 0 Å². The minimum atomic E-state index is -0.458. The molecule has 0 amide bonds. The molecule has 4 heteroatoms. The standard InChI is InChI=1S/C10H11N2O2/c1-2-7-14-10(13)8-5-3-4-6-9(8)12-11/h3-6H,2,7H2,1H3/q+1. The van der Waals surface area contributed by atoms with Crippen molar-refractivity contribution >= 4 is 11.7 Å². The third-order valence-corrected chi connectivity index (χ3v) is 1.67. The molecule has 0 aromatic heterocycles. The van der Waals surface area contributed by atoms with E-state index in [9.17, 15) is 4.79 Å². The van der Waals surface area contributed by atoms with Crippen LogP contribution in [0.5, 0.6) is 0 Å². The van der Waals surface area contributed by atoms with E-state index in [1.165, 1.54) is 0 Å². The molecular formula is C10H11N2O2+. The first kappa shape index (κ1) is 10.2. The summed E-state index contributed by atoms with van der Waals surface area (Å²) in [5.41, 5.74) is 0.511. The average Bonchev–Trinajstić information content (AvgIpc) is 2.25. The predicted molar refractivity (Wildman–Crippen MR) is 51.8 cm³/mol. The van der Waals surface area contributed by atoms with Crippen LogP contribution in [0, 0.1) is 5.39 Å². The fraction of sp³-hybridized carbons (Fsp3) is 0.300. The van der Waals surface area contributed by atoms with Crippen molar-refractivity contribution in [2.24, 2.45) is 0 Å². The first-order valence-electron chi connectivity index (χ1n) is 4.40. The van der Waals surface area contributed by atoms with Crippen LogP contribution in [0.1, 0.15) is 23.7 Å². The monoisotopic (exact) mass is 191 g/mol. The van der Waals surface area contributed by atoms with Crippen LogP contribution in [-0.2, 0) is 4.74 Å². The zero-order valence-electron chi connectivity index (χ0n) is 7.93. The highest BCUT2D eigenvalue weighted by Crippen LogP contribution is 2.19. The van der Waals surface area contributed by atoms with Crippen molar-refractivity contribution in [3.63, 3.8) is 0 Å². The molecule has 0 bridgehead atoms. The molecule has 1 aromatic carbocycles. The quantitative estimate of drug-likeness (QED) is 0.545. The van der Waals surface area contributed by atoms with E-state index in [1.807, 2.05) is 6.92 Å². The minimum absolute atomic E-state index is 0.230. The van der Waals surface area contributed by atoms with Crippen LogP contribution in [-0.4, -0.2) is 12.6 Å². The Labute approximate surface area is 82.1 Å². The van der Waals surface area contributed by atoms with Crippen molar-refractivity contribution in [3.05, 3.63) is 34.8 Å². The molecule has 1 rings (SSSR count). The third-order valence-electron chi connectivity index (χ3n) is 1.67. The van der Waals surface area contributed by atoms with Gasteiger partial charge in [0.15, 0.2) is 10.5 Å². The van der Waals surface area contributed by atoms with E-state index in [0.29, 0.717) is 6.61 Å². The van der Waals surface area contributed by atoms with E-state index in [2.05, 4.69) is 4.98 Å². The van der Waals surface area contributed by atoms with Gasteiger partial charge in [0.1, 0.15) is 0 Å². The number of diazo groups is 1. The summed E-state index contributed by atoms with van der Waals surface area (Å²) in [6.07, 6.45) is 0.768. The lowest BCUT2D eigenvalue weighted by Gasteiger charge is -1.99.